The molecule has 0 heterocycles. The molecule has 5 aromatic carbocycles. The van der Waals surface area contributed by atoms with Gasteiger partial charge < -0.3 is 20.7 Å². The van der Waals surface area contributed by atoms with E-state index >= 15 is 0 Å². The molecule has 0 aromatic heterocycles. The average Bonchev–Trinajstić information content (AvgIpc) is 3.09. The summed E-state index contributed by atoms with van der Waals surface area (Å²) < 4.78 is 19.9. The molecule has 0 fully saturated rings. The number of anilines is 2. The number of carbonyl (C=O) groups excluding carboxylic acids is 3. The number of thioether (sulfide) groups is 1. The minimum Gasteiger partial charge on any atom is -0.494 e. The van der Waals surface area contributed by atoms with E-state index in [9.17, 15) is 18.8 Å². The van der Waals surface area contributed by atoms with Gasteiger partial charge in [0.1, 0.15) is 22.5 Å². The minimum atomic E-state index is -0.720. The van der Waals surface area contributed by atoms with E-state index in [0.29, 0.717) is 34.1 Å². The molecule has 0 saturated heterocycles. The van der Waals surface area contributed by atoms with Crippen LogP contribution in [0.4, 0.5) is 15.8 Å². The summed E-state index contributed by atoms with van der Waals surface area (Å²) in [4.78, 5) is 40.8. The van der Waals surface area contributed by atoms with E-state index in [-0.39, 0.29) is 11.4 Å². The second-order valence-corrected chi connectivity index (χ2v) is 11.4. The Labute approximate surface area is 276 Å². The second-order valence-electron chi connectivity index (χ2n) is 10.2. The SMILES string of the molecule is CCOc1ccc(/C=C(/NC(=O)c2ccccc2)C(=O)Nc2cccc(SC(C(=O)Nc3ccccc3F)c3ccccc3)c2)cc1. The summed E-state index contributed by atoms with van der Waals surface area (Å²) in [6, 6.07) is 38.0. The van der Waals surface area contributed by atoms with Gasteiger partial charge in [0.15, 0.2) is 0 Å². The van der Waals surface area contributed by atoms with Crippen LogP contribution in [0.3, 0.4) is 0 Å². The van der Waals surface area contributed by atoms with Crippen molar-refractivity contribution in [2.45, 2.75) is 17.1 Å². The van der Waals surface area contributed by atoms with Gasteiger partial charge in [-0.05, 0) is 78.7 Å². The molecule has 0 aliphatic carbocycles. The van der Waals surface area contributed by atoms with Gasteiger partial charge in [-0.15, -0.1) is 11.8 Å². The number of benzene rings is 5. The van der Waals surface area contributed by atoms with Gasteiger partial charge in [0.2, 0.25) is 5.91 Å². The van der Waals surface area contributed by atoms with Gasteiger partial charge in [-0.2, -0.15) is 0 Å². The summed E-state index contributed by atoms with van der Waals surface area (Å²) in [7, 11) is 0. The van der Waals surface area contributed by atoms with E-state index in [0.717, 1.165) is 5.56 Å². The highest BCUT2D eigenvalue weighted by atomic mass is 32.2. The molecule has 0 aliphatic rings. The average molecular weight is 646 g/mol. The molecule has 0 spiro atoms. The van der Waals surface area contributed by atoms with Crippen LogP contribution in [-0.2, 0) is 9.59 Å². The molecule has 1 unspecified atom stereocenters. The van der Waals surface area contributed by atoms with Crippen molar-refractivity contribution < 1.29 is 23.5 Å². The maximum absolute atomic E-state index is 14.3. The first-order valence-electron chi connectivity index (χ1n) is 14.9. The Morgan fingerprint density at radius 2 is 1.47 bits per heavy atom. The van der Waals surface area contributed by atoms with E-state index in [1.807, 2.05) is 43.3 Å². The first-order chi connectivity index (χ1) is 22.9. The normalized spacial score (nSPS) is 11.7. The van der Waals surface area contributed by atoms with E-state index < -0.39 is 28.8 Å². The van der Waals surface area contributed by atoms with Crippen molar-refractivity contribution in [2.24, 2.45) is 0 Å². The molecular formula is C38H32FN3O4S. The second kappa shape index (κ2) is 16.1. The Hall–Kier alpha value is -5.67. The van der Waals surface area contributed by atoms with Gasteiger partial charge in [0.25, 0.3) is 11.8 Å². The number of hydrogen-bond acceptors (Lipinski definition) is 5. The van der Waals surface area contributed by atoms with Crippen LogP contribution in [0.25, 0.3) is 6.08 Å². The van der Waals surface area contributed by atoms with Crippen LogP contribution in [0, 0.1) is 5.82 Å². The van der Waals surface area contributed by atoms with Crippen molar-refractivity contribution in [1.82, 2.24) is 5.32 Å². The highest BCUT2D eigenvalue weighted by Gasteiger charge is 2.23. The number of rotatable bonds is 12. The number of carbonyl (C=O) groups is 3. The molecule has 0 saturated carbocycles. The van der Waals surface area contributed by atoms with Crippen molar-refractivity contribution in [1.29, 1.82) is 0 Å². The third-order valence-electron chi connectivity index (χ3n) is 6.85. The van der Waals surface area contributed by atoms with Gasteiger partial charge in [-0.3, -0.25) is 14.4 Å². The molecule has 1 atom stereocenters. The maximum atomic E-state index is 14.3. The van der Waals surface area contributed by atoms with Gasteiger partial charge in [0.05, 0.1) is 12.3 Å². The Bertz CT molecular complexity index is 1870. The van der Waals surface area contributed by atoms with Crippen LogP contribution in [0.1, 0.15) is 33.7 Å². The van der Waals surface area contributed by atoms with Gasteiger partial charge in [-0.25, -0.2) is 4.39 Å². The summed E-state index contributed by atoms with van der Waals surface area (Å²) in [6.07, 6.45) is 1.59. The standard InChI is InChI=1S/C38H32FN3O4S/c1-2-46-30-22-20-26(21-23-30)24-34(42-36(43)28-14-7-4-8-15-28)37(44)40-29-16-11-17-31(25-29)47-35(27-12-5-3-6-13-27)38(45)41-33-19-10-9-18-32(33)39/h3-25,35H,2H2,1H3,(H,40,44)(H,41,45)(H,42,43)/b34-24+. The molecule has 3 amide bonds. The number of halogens is 1. The molecule has 0 aliphatic heterocycles. The zero-order valence-electron chi connectivity index (χ0n) is 25.5. The number of nitrogens with one attached hydrogen (secondary N) is 3. The van der Waals surface area contributed by atoms with E-state index in [1.165, 1.54) is 23.9 Å². The maximum Gasteiger partial charge on any atom is 0.272 e. The molecule has 5 rings (SSSR count). The van der Waals surface area contributed by atoms with Gasteiger partial charge in [0, 0.05) is 16.1 Å². The Morgan fingerprint density at radius 3 is 2.17 bits per heavy atom. The smallest absolute Gasteiger partial charge is 0.272 e. The number of ether oxygens (including phenoxy) is 1. The fraction of sp³-hybridized carbons (Fsp3) is 0.0789. The summed E-state index contributed by atoms with van der Waals surface area (Å²) in [6.45, 7) is 2.42. The molecule has 236 valence electrons. The molecule has 9 heteroatoms. The van der Waals surface area contributed by atoms with Crippen LogP contribution in [0.2, 0.25) is 0 Å². The lowest BCUT2D eigenvalue weighted by Crippen LogP contribution is -2.30. The van der Waals surface area contributed by atoms with Crippen molar-refractivity contribution in [3.63, 3.8) is 0 Å². The van der Waals surface area contributed by atoms with Gasteiger partial charge >= 0.3 is 0 Å². The molecule has 47 heavy (non-hydrogen) atoms. The van der Waals surface area contributed by atoms with Gasteiger partial charge in [-0.1, -0.05) is 78.9 Å². The topological polar surface area (TPSA) is 96.5 Å². The minimum absolute atomic E-state index is 0.0347. The molecule has 0 bridgehead atoms. The Kier molecular flexibility index (Phi) is 11.2. The monoisotopic (exact) mass is 645 g/mol. The predicted octanol–water partition coefficient (Wildman–Crippen LogP) is 8.11. The van der Waals surface area contributed by atoms with Crippen LogP contribution in [0.15, 0.2) is 144 Å². The zero-order valence-corrected chi connectivity index (χ0v) is 26.3. The quantitative estimate of drug-likeness (QED) is 0.0941. The lowest BCUT2D eigenvalue weighted by molar-refractivity contribution is -0.116. The molecular weight excluding hydrogens is 614 g/mol. The number of para-hydroxylation sites is 1. The number of hydrogen-bond donors (Lipinski definition) is 3. The van der Waals surface area contributed by atoms with Crippen LogP contribution in [-0.4, -0.2) is 24.3 Å². The first-order valence-corrected chi connectivity index (χ1v) is 15.8. The van der Waals surface area contributed by atoms with E-state index in [1.54, 1.807) is 91.0 Å². The summed E-state index contributed by atoms with van der Waals surface area (Å²) in [5, 5.41) is 7.59. The van der Waals surface area contributed by atoms with Crippen LogP contribution < -0.4 is 20.7 Å². The molecule has 0 radical (unpaired) electrons. The van der Waals surface area contributed by atoms with Crippen molar-refractivity contribution in [2.75, 3.05) is 17.2 Å². The highest BCUT2D eigenvalue weighted by molar-refractivity contribution is 8.00. The molecule has 3 N–H and O–H groups in total. The third kappa shape index (κ3) is 9.18. The van der Waals surface area contributed by atoms with E-state index in [2.05, 4.69) is 16.0 Å². The fourth-order valence-electron chi connectivity index (χ4n) is 4.58. The largest absolute Gasteiger partial charge is 0.494 e. The predicted molar refractivity (Wildman–Crippen MR) is 185 cm³/mol. The highest BCUT2D eigenvalue weighted by Crippen LogP contribution is 2.37. The van der Waals surface area contributed by atoms with Crippen molar-refractivity contribution >= 4 is 46.9 Å². The number of amides is 3. The Balaban J connectivity index is 1.38. The van der Waals surface area contributed by atoms with Crippen LogP contribution in [0.5, 0.6) is 5.75 Å². The van der Waals surface area contributed by atoms with Crippen molar-refractivity contribution in [3.8, 4) is 5.75 Å². The van der Waals surface area contributed by atoms with E-state index in [4.69, 9.17) is 4.74 Å². The molecule has 5 aromatic rings. The summed E-state index contributed by atoms with van der Waals surface area (Å²) in [5.41, 5.74) is 2.38. The molecule has 7 nitrogen and oxygen atoms in total. The van der Waals surface area contributed by atoms with Crippen LogP contribution >= 0.6 is 11.8 Å². The third-order valence-corrected chi connectivity index (χ3v) is 8.10. The Morgan fingerprint density at radius 1 is 0.787 bits per heavy atom. The van der Waals surface area contributed by atoms with Crippen molar-refractivity contribution in [3.05, 3.63) is 162 Å². The summed E-state index contributed by atoms with van der Waals surface area (Å²) in [5.74, 6) is -1.22. The first kappa shape index (κ1) is 32.7. The lowest BCUT2D eigenvalue weighted by atomic mass is 10.1. The zero-order chi connectivity index (χ0) is 33.0. The fourth-order valence-corrected chi connectivity index (χ4v) is 5.66. The summed E-state index contributed by atoms with van der Waals surface area (Å²) >= 11 is 1.26. The lowest BCUT2D eigenvalue weighted by Gasteiger charge is -2.18.